The van der Waals surface area contributed by atoms with Crippen molar-refractivity contribution in [3.63, 3.8) is 0 Å². The molecule has 0 radical (unpaired) electrons. The first-order valence-electron chi connectivity index (χ1n) is 9.77. The van der Waals surface area contributed by atoms with Crippen molar-refractivity contribution in [3.8, 4) is 11.5 Å². The van der Waals surface area contributed by atoms with E-state index >= 15 is 0 Å². The zero-order valence-electron chi connectivity index (χ0n) is 18.4. The topological polar surface area (TPSA) is 57.5 Å². The van der Waals surface area contributed by atoms with Crippen molar-refractivity contribution in [1.82, 2.24) is 4.57 Å². The maximum absolute atomic E-state index is 12.6. The number of hydrogen-bond acceptors (Lipinski definition) is 5. The van der Waals surface area contributed by atoms with Crippen molar-refractivity contribution in [1.29, 1.82) is 0 Å². The molecule has 0 aliphatic carbocycles. The average molecular weight is 418 g/mol. The normalized spacial score (nSPS) is 13.2. The van der Waals surface area contributed by atoms with Crippen molar-refractivity contribution in [2.75, 3.05) is 13.7 Å². The van der Waals surface area contributed by atoms with Crippen LogP contribution in [0.25, 0.3) is 12.2 Å². The largest absolute Gasteiger partial charge is 0.493 e. The van der Waals surface area contributed by atoms with Gasteiger partial charge in [-0.3, -0.25) is 9.59 Å². The molecular formula is C23H31NO4S. The summed E-state index contributed by atoms with van der Waals surface area (Å²) in [7, 11) is 3.29. The minimum absolute atomic E-state index is 0.00883. The summed E-state index contributed by atoms with van der Waals surface area (Å²) in [6.45, 7) is 10.5. The molecular weight excluding hydrogens is 386 g/mol. The molecule has 29 heavy (non-hydrogen) atoms. The summed E-state index contributed by atoms with van der Waals surface area (Å²) in [5.74, 6) is 1.88. The van der Waals surface area contributed by atoms with Crippen LogP contribution in [0, 0.1) is 11.3 Å². The quantitative estimate of drug-likeness (QED) is 0.695. The molecule has 0 aliphatic rings. The molecule has 6 heteroatoms. The summed E-state index contributed by atoms with van der Waals surface area (Å²) in [4.78, 5) is 24.9. The van der Waals surface area contributed by atoms with E-state index in [1.165, 1.54) is 15.9 Å². The number of benzene rings is 1. The van der Waals surface area contributed by atoms with Crippen molar-refractivity contribution in [2.45, 2.75) is 41.0 Å². The molecule has 0 atom stereocenters. The van der Waals surface area contributed by atoms with E-state index in [2.05, 4.69) is 13.8 Å². The van der Waals surface area contributed by atoms with Crippen LogP contribution in [0.2, 0.25) is 0 Å². The zero-order valence-corrected chi connectivity index (χ0v) is 19.2. The highest BCUT2D eigenvalue weighted by Crippen LogP contribution is 2.28. The lowest BCUT2D eigenvalue weighted by Gasteiger charge is -2.12. The molecule has 2 aromatic rings. The summed E-state index contributed by atoms with van der Waals surface area (Å²) >= 11 is 1.31. The lowest BCUT2D eigenvalue weighted by molar-refractivity contribution is -0.120. The smallest absolute Gasteiger partial charge is 0.268 e. The van der Waals surface area contributed by atoms with E-state index in [9.17, 15) is 9.59 Å². The predicted octanol–water partition coefficient (Wildman–Crippen LogP) is 3.10. The average Bonchev–Trinajstić information content (AvgIpc) is 2.89. The molecule has 0 aliphatic heterocycles. The summed E-state index contributed by atoms with van der Waals surface area (Å²) in [6.07, 6.45) is 4.33. The number of aromatic nitrogens is 1. The van der Waals surface area contributed by atoms with Crippen molar-refractivity contribution >= 4 is 29.3 Å². The van der Waals surface area contributed by atoms with Gasteiger partial charge in [-0.15, -0.1) is 11.3 Å². The Hall–Kier alpha value is -2.34. The van der Waals surface area contributed by atoms with E-state index in [0.717, 1.165) is 12.0 Å². The van der Waals surface area contributed by atoms with Gasteiger partial charge in [0.25, 0.3) is 5.56 Å². The second kappa shape index (κ2) is 9.44. The molecule has 0 saturated carbocycles. The number of ether oxygens (including phenoxy) is 2. The van der Waals surface area contributed by atoms with Gasteiger partial charge in [-0.2, -0.15) is 0 Å². The van der Waals surface area contributed by atoms with Gasteiger partial charge in [0.1, 0.15) is 4.66 Å². The molecule has 0 fully saturated rings. The maximum Gasteiger partial charge on any atom is 0.268 e. The number of methoxy groups -OCH3 is 1. The van der Waals surface area contributed by atoms with Gasteiger partial charge >= 0.3 is 0 Å². The highest BCUT2D eigenvalue weighted by atomic mass is 32.1. The minimum atomic E-state index is -0.483. The third-order valence-electron chi connectivity index (χ3n) is 4.49. The molecule has 1 heterocycles. The van der Waals surface area contributed by atoms with Crippen LogP contribution in [0.1, 0.15) is 46.6 Å². The van der Waals surface area contributed by atoms with Gasteiger partial charge in [-0.25, -0.2) is 0 Å². The Bertz CT molecular complexity index is 1040. The van der Waals surface area contributed by atoms with Gasteiger partial charge in [0, 0.05) is 18.5 Å². The molecule has 0 N–H and O–H groups in total. The van der Waals surface area contributed by atoms with Gasteiger partial charge in [0.2, 0.25) is 0 Å². The SMILES string of the molecule is COc1cc(/C=c2\s/c(=C\C(=O)C(C)(C)C)n(C)c2=O)ccc1OCCC(C)C. The minimum Gasteiger partial charge on any atom is -0.493 e. The fourth-order valence-corrected chi connectivity index (χ4v) is 3.52. The fourth-order valence-electron chi connectivity index (χ4n) is 2.49. The summed E-state index contributed by atoms with van der Waals surface area (Å²) in [5.41, 5.74) is 0.229. The second-order valence-corrected chi connectivity index (χ2v) is 9.58. The predicted molar refractivity (Wildman–Crippen MR) is 119 cm³/mol. The molecule has 5 nitrogen and oxygen atoms in total. The van der Waals surface area contributed by atoms with Gasteiger partial charge in [-0.1, -0.05) is 40.7 Å². The Balaban J connectivity index is 2.40. The number of thiazole rings is 1. The van der Waals surface area contributed by atoms with Crippen molar-refractivity contribution in [3.05, 3.63) is 43.3 Å². The molecule has 1 aromatic carbocycles. The van der Waals surface area contributed by atoms with Crippen LogP contribution in [0.5, 0.6) is 11.5 Å². The lowest BCUT2D eigenvalue weighted by Crippen LogP contribution is -2.30. The number of nitrogens with zero attached hydrogens (tertiary/aromatic N) is 1. The molecule has 0 saturated heterocycles. The van der Waals surface area contributed by atoms with E-state index in [0.29, 0.717) is 33.2 Å². The Morgan fingerprint density at radius 2 is 1.93 bits per heavy atom. The van der Waals surface area contributed by atoms with Crippen LogP contribution in [0.15, 0.2) is 23.0 Å². The third kappa shape index (κ3) is 6.07. The number of ketones is 1. The number of Topliss-reactive ketones (excluding diaryl/α,β-unsaturated/α-hetero) is 1. The molecule has 0 amide bonds. The highest BCUT2D eigenvalue weighted by molar-refractivity contribution is 7.07. The van der Waals surface area contributed by atoms with E-state index in [1.807, 2.05) is 45.0 Å². The molecule has 2 rings (SSSR count). The first kappa shape index (κ1) is 22.9. The highest BCUT2D eigenvalue weighted by Gasteiger charge is 2.19. The molecule has 158 valence electrons. The first-order valence-corrected chi connectivity index (χ1v) is 10.6. The summed E-state index contributed by atoms with van der Waals surface area (Å²) in [6, 6.07) is 5.61. The number of hydrogen-bond donors (Lipinski definition) is 0. The molecule has 0 spiro atoms. The second-order valence-electron chi connectivity index (χ2n) is 8.51. The standard InChI is InChI=1S/C23H31NO4S/c1-15(2)10-11-28-17-9-8-16(12-18(17)27-7)13-19-22(26)24(6)21(29-19)14-20(25)23(3,4)5/h8-9,12-15H,10-11H2,1-7H3/b19-13-,21-14-. The van der Waals surface area contributed by atoms with Crippen molar-refractivity contribution < 1.29 is 14.3 Å². The zero-order chi connectivity index (χ0) is 21.8. The lowest BCUT2D eigenvalue weighted by atomic mass is 9.91. The van der Waals surface area contributed by atoms with E-state index in [1.54, 1.807) is 20.2 Å². The summed E-state index contributed by atoms with van der Waals surface area (Å²) in [5, 5.41) is 0. The van der Waals surface area contributed by atoms with Gasteiger partial charge < -0.3 is 14.0 Å². The molecule has 1 aromatic heterocycles. The Labute approximate surface area is 176 Å². The van der Waals surface area contributed by atoms with Crippen LogP contribution >= 0.6 is 11.3 Å². The van der Waals surface area contributed by atoms with Crippen molar-refractivity contribution in [2.24, 2.45) is 18.4 Å². The summed E-state index contributed by atoms with van der Waals surface area (Å²) < 4.78 is 14.0. The van der Waals surface area contributed by atoms with E-state index < -0.39 is 5.41 Å². The molecule has 0 bridgehead atoms. The number of rotatable bonds is 7. The van der Waals surface area contributed by atoms with Gasteiger partial charge in [-0.05, 0) is 36.1 Å². The van der Waals surface area contributed by atoms with Crippen LogP contribution in [0.4, 0.5) is 0 Å². The Morgan fingerprint density at radius 3 is 2.52 bits per heavy atom. The Morgan fingerprint density at radius 1 is 1.24 bits per heavy atom. The van der Waals surface area contributed by atoms with E-state index in [-0.39, 0.29) is 11.3 Å². The number of carbonyl (C=O) groups excluding carboxylic acids is 1. The maximum atomic E-state index is 12.6. The Kier molecular flexibility index (Phi) is 7.47. The van der Waals surface area contributed by atoms with E-state index in [4.69, 9.17) is 9.47 Å². The van der Waals surface area contributed by atoms with Crippen LogP contribution < -0.4 is 24.2 Å². The van der Waals surface area contributed by atoms with Gasteiger partial charge in [0.05, 0.1) is 18.2 Å². The van der Waals surface area contributed by atoms with Crippen LogP contribution in [0.3, 0.4) is 0 Å². The molecule has 0 unspecified atom stereocenters. The number of carbonyl (C=O) groups is 1. The first-order chi connectivity index (χ1) is 13.5. The third-order valence-corrected chi connectivity index (χ3v) is 5.61. The fraction of sp³-hybridized carbons (Fsp3) is 0.478. The van der Waals surface area contributed by atoms with Crippen LogP contribution in [-0.2, 0) is 11.8 Å². The monoisotopic (exact) mass is 417 g/mol. The van der Waals surface area contributed by atoms with Crippen LogP contribution in [-0.4, -0.2) is 24.1 Å². The van der Waals surface area contributed by atoms with Gasteiger partial charge in [0.15, 0.2) is 17.3 Å².